The maximum Gasteiger partial charge on any atom is 0.269 e. The zero-order chi connectivity index (χ0) is 21.0. The first-order valence-corrected chi connectivity index (χ1v) is 10.1. The molecule has 0 aromatic heterocycles. The number of nitrogens with zero attached hydrogens (tertiary/aromatic N) is 1. The lowest BCUT2D eigenvalue weighted by Crippen LogP contribution is -2.18. The molecule has 0 atom stereocenters. The Balaban J connectivity index is 1.83. The average Bonchev–Trinajstić information content (AvgIpc) is 2.69. The summed E-state index contributed by atoms with van der Waals surface area (Å²) in [7, 11) is -3.94. The number of amides is 1. The lowest BCUT2D eigenvalue weighted by Gasteiger charge is -2.13. The first kappa shape index (κ1) is 20.3. The van der Waals surface area contributed by atoms with E-state index in [1.54, 1.807) is 12.1 Å². The molecular formula is C19H14ClN3O5S. The van der Waals surface area contributed by atoms with Crippen LogP contribution in [0.15, 0.2) is 77.7 Å². The number of anilines is 2. The van der Waals surface area contributed by atoms with Gasteiger partial charge in [0.15, 0.2) is 0 Å². The monoisotopic (exact) mass is 431 g/mol. The van der Waals surface area contributed by atoms with Crippen molar-refractivity contribution in [1.29, 1.82) is 0 Å². The van der Waals surface area contributed by atoms with E-state index in [1.165, 1.54) is 60.7 Å². The van der Waals surface area contributed by atoms with E-state index in [9.17, 15) is 23.3 Å². The molecule has 0 radical (unpaired) electrons. The van der Waals surface area contributed by atoms with Gasteiger partial charge in [0.25, 0.3) is 21.6 Å². The molecule has 10 heteroatoms. The molecule has 3 aromatic rings. The van der Waals surface area contributed by atoms with Gasteiger partial charge in [0.05, 0.1) is 21.1 Å². The van der Waals surface area contributed by atoms with Gasteiger partial charge in [-0.15, -0.1) is 0 Å². The second kappa shape index (κ2) is 8.29. The third kappa shape index (κ3) is 4.89. The summed E-state index contributed by atoms with van der Waals surface area (Å²) < 4.78 is 27.6. The minimum absolute atomic E-state index is 0.00696. The summed E-state index contributed by atoms with van der Waals surface area (Å²) in [6, 6.07) is 17.0. The van der Waals surface area contributed by atoms with E-state index in [0.29, 0.717) is 10.7 Å². The average molecular weight is 432 g/mol. The molecule has 0 bridgehead atoms. The van der Waals surface area contributed by atoms with E-state index < -0.39 is 20.9 Å². The highest BCUT2D eigenvalue weighted by molar-refractivity contribution is 7.92. The molecule has 0 fully saturated rings. The lowest BCUT2D eigenvalue weighted by atomic mass is 10.1. The van der Waals surface area contributed by atoms with Crippen LogP contribution in [-0.2, 0) is 10.0 Å². The van der Waals surface area contributed by atoms with Crippen LogP contribution in [-0.4, -0.2) is 19.2 Å². The van der Waals surface area contributed by atoms with E-state index in [4.69, 9.17) is 11.6 Å². The molecule has 3 rings (SSSR count). The summed E-state index contributed by atoms with van der Waals surface area (Å²) in [6.07, 6.45) is 0. The number of rotatable bonds is 6. The van der Waals surface area contributed by atoms with Gasteiger partial charge in [-0.2, -0.15) is 0 Å². The van der Waals surface area contributed by atoms with Crippen LogP contribution >= 0.6 is 11.6 Å². The van der Waals surface area contributed by atoms with Gasteiger partial charge in [0.2, 0.25) is 0 Å². The number of nitro groups is 1. The highest BCUT2D eigenvalue weighted by Gasteiger charge is 2.19. The van der Waals surface area contributed by atoms with E-state index in [-0.39, 0.29) is 21.8 Å². The van der Waals surface area contributed by atoms with Crippen LogP contribution in [0.1, 0.15) is 10.4 Å². The van der Waals surface area contributed by atoms with Crippen molar-refractivity contribution in [2.45, 2.75) is 4.90 Å². The van der Waals surface area contributed by atoms with E-state index in [1.807, 2.05) is 0 Å². The molecule has 0 heterocycles. The molecule has 0 unspecified atom stereocenters. The van der Waals surface area contributed by atoms with Crippen LogP contribution in [0.25, 0.3) is 0 Å². The number of para-hydroxylation sites is 1. The Morgan fingerprint density at radius 2 is 1.55 bits per heavy atom. The van der Waals surface area contributed by atoms with Gasteiger partial charge in [0.1, 0.15) is 0 Å². The van der Waals surface area contributed by atoms with Gasteiger partial charge in [0, 0.05) is 22.8 Å². The fraction of sp³-hybridized carbons (Fsp3) is 0. The summed E-state index contributed by atoms with van der Waals surface area (Å²) in [4.78, 5) is 22.8. The van der Waals surface area contributed by atoms with Crippen LogP contribution < -0.4 is 10.0 Å². The van der Waals surface area contributed by atoms with Gasteiger partial charge in [-0.05, 0) is 48.5 Å². The van der Waals surface area contributed by atoms with Crippen molar-refractivity contribution >= 4 is 44.6 Å². The minimum atomic E-state index is -3.94. The van der Waals surface area contributed by atoms with Crippen molar-refractivity contribution < 1.29 is 18.1 Å². The number of halogens is 1. The van der Waals surface area contributed by atoms with Gasteiger partial charge in [-0.3, -0.25) is 19.6 Å². The number of sulfonamides is 1. The molecule has 0 aliphatic carbocycles. The zero-order valence-corrected chi connectivity index (χ0v) is 16.3. The molecular weight excluding hydrogens is 418 g/mol. The quantitative estimate of drug-likeness (QED) is 0.445. The summed E-state index contributed by atoms with van der Waals surface area (Å²) in [5, 5.41) is 13.7. The molecule has 2 N–H and O–H groups in total. The highest BCUT2D eigenvalue weighted by Crippen LogP contribution is 2.23. The van der Waals surface area contributed by atoms with Crippen molar-refractivity contribution in [3.05, 3.63) is 93.5 Å². The van der Waals surface area contributed by atoms with E-state index in [0.717, 1.165) is 0 Å². The van der Waals surface area contributed by atoms with E-state index >= 15 is 0 Å². The van der Waals surface area contributed by atoms with Gasteiger partial charge in [-0.25, -0.2) is 8.42 Å². The molecule has 1 amide bonds. The summed E-state index contributed by atoms with van der Waals surface area (Å²) in [6.45, 7) is 0. The van der Waals surface area contributed by atoms with Crippen LogP contribution in [0.2, 0.25) is 5.02 Å². The number of nitro benzene ring substituents is 1. The number of benzene rings is 3. The smallest absolute Gasteiger partial charge is 0.269 e. The number of carbonyl (C=O) groups is 1. The van der Waals surface area contributed by atoms with Crippen molar-refractivity contribution in [3.8, 4) is 0 Å². The SMILES string of the molecule is O=C(Nc1ccc([N+](=O)[O-])cc1)c1ccccc1NS(=O)(=O)c1ccc(Cl)cc1. The molecule has 0 aliphatic rings. The summed E-state index contributed by atoms with van der Waals surface area (Å²) >= 11 is 5.79. The second-order valence-corrected chi connectivity index (χ2v) is 7.98. The van der Waals surface area contributed by atoms with Crippen molar-refractivity contribution in [3.63, 3.8) is 0 Å². The molecule has 0 spiro atoms. The summed E-state index contributed by atoms with van der Waals surface area (Å²) in [5.74, 6) is -0.576. The number of non-ortho nitro benzene ring substituents is 1. The third-order valence-corrected chi connectivity index (χ3v) is 5.51. The summed E-state index contributed by atoms with van der Waals surface area (Å²) in [5.41, 5.74) is 0.389. The predicted octanol–water partition coefficient (Wildman–Crippen LogP) is 4.30. The van der Waals surface area contributed by atoms with Gasteiger partial charge < -0.3 is 5.32 Å². The maximum atomic E-state index is 12.6. The van der Waals surface area contributed by atoms with Gasteiger partial charge >= 0.3 is 0 Å². The first-order chi connectivity index (χ1) is 13.8. The number of hydrogen-bond acceptors (Lipinski definition) is 5. The number of hydrogen-bond donors (Lipinski definition) is 2. The predicted molar refractivity (Wildman–Crippen MR) is 110 cm³/mol. The van der Waals surface area contributed by atoms with Crippen LogP contribution in [0, 0.1) is 10.1 Å². The third-order valence-electron chi connectivity index (χ3n) is 3.88. The molecule has 0 saturated heterocycles. The lowest BCUT2D eigenvalue weighted by molar-refractivity contribution is -0.384. The molecule has 0 saturated carbocycles. The Morgan fingerprint density at radius 1 is 0.931 bits per heavy atom. The Labute approximate surface area is 171 Å². The Morgan fingerprint density at radius 3 is 2.17 bits per heavy atom. The largest absolute Gasteiger partial charge is 0.322 e. The highest BCUT2D eigenvalue weighted by atomic mass is 35.5. The normalized spacial score (nSPS) is 10.9. The van der Waals surface area contributed by atoms with Crippen molar-refractivity contribution in [2.75, 3.05) is 10.0 Å². The Hall–Kier alpha value is -3.43. The Kier molecular flexibility index (Phi) is 5.81. The second-order valence-electron chi connectivity index (χ2n) is 5.86. The van der Waals surface area contributed by atoms with E-state index in [2.05, 4.69) is 10.0 Å². The minimum Gasteiger partial charge on any atom is -0.322 e. The fourth-order valence-electron chi connectivity index (χ4n) is 2.45. The number of nitrogens with one attached hydrogen (secondary N) is 2. The van der Waals surface area contributed by atoms with Crippen LogP contribution in [0.5, 0.6) is 0 Å². The number of carbonyl (C=O) groups excluding carboxylic acids is 1. The molecule has 3 aromatic carbocycles. The molecule has 148 valence electrons. The van der Waals surface area contributed by atoms with Crippen LogP contribution in [0.3, 0.4) is 0 Å². The fourth-order valence-corrected chi connectivity index (χ4v) is 3.66. The molecule has 8 nitrogen and oxygen atoms in total. The molecule has 29 heavy (non-hydrogen) atoms. The van der Waals surface area contributed by atoms with Crippen LogP contribution in [0.4, 0.5) is 17.1 Å². The van der Waals surface area contributed by atoms with Gasteiger partial charge in [-0.1, -0.05) is 23.7 Å². The topological polar surface area (TPSA) is 118 Å². The zero-order valence-electron chi connectivity index (χ0n) is 14.7. The van der Waals surface area contributed by atoms with Crippen molar-refractivity contribution in [2.24, 2.45) is 0 Å². The first-order valence-electron chi connectivity index (χ1n) is 8.19. The Bertz CT molecular complexity index is 1160. The molecule has 0 aliphatic heterocycles. The van der Waals surface area contributed by atoms with Crippen molar-refractivity contribution in [1.82, 2.24) is 0 Å². The maximum absolute atomic E-state index is 12.6. The standard InChI is InChI=1S/C19H14ClN3O5S/c20-13-5-11-16(12-6-13)29(27,28)22-18-4-2-1-3-17(18)19(24)21-14-7-9-15(10-8-14)23(25)26/h1-12,22H,(H,21,24).